The van der Waals surface area contributed by atoms with Gasteiger partial charge in [0.1, 0.15) is 11.9 Å². The van der Waals surface area contributed by atoms with Crippen molar-refractivity contribution in [3.05, 3.63) is 59.3 Å². The van der Waals surface area contributed by atoms with Gasteiger partial charge in [0.25, 0.3) is 5.91 Å². The maximum absolute atomic E-state index is 12.4. The fourth-order valence-electron chi connectivity index (χ4n) is 1.95. The van der Waals surface area contributed by atoms with Crippen molar-refractivity contribution in [1.82, 2.24) is 4.98 Å². The van der Waals surface area contributed by atoms with E-state index < -0.39 is 18.5 Å². The summed E-state index contributed by atoms with van der Waals surface area (Å²) in [7, 11) is 0. The number of nitriles is 1. The summed E-state index contributed by atoms with van der Waals surface area (Å²) in [6.07, 6.45) is -4.25. The zero-order chi connectivity index (χ0) is 16.9. The number of alkyl halides is 3. The molecule has 1 N–H and O–H groups in total. The quantitative estimate of drug-likeness (QED) is 0.934. The Balaban J connectivity index is 2.14. The van der Waals surface area contributed by atoms with Gasteiger partial charge in [-0.25, -0.2) is 4.98 Å². The first-order valence-corrected chi connectivity index (χ1v) is 6.71. The molecule has 0 bridgehead atoms. The molecule has 0 fully saturated rings. The largest absolute Gasteiger partial charge is 0.389 e. The Morgan fingerprint density at radius 2 is 1.96 bits per heavy atom. The van der Waals surface area contributed by atoms with Crippen LogP contribution in [0.25, 0.3) is 0 Å². The van der Waals surface area contributed by atoms with Gasteiger partial charge < -0.3 is 5.32 Å². The molecule has 0 saturated heterocycles. The first-order chi connectivity index (χ1) is 10.9. The molecule has 0 radical (unpaired) electrons. The van der Waals surface area contributed by atoms with Crippen LogP contribution in [0.15, 0.2) is 42.6 Å². The molecule has 7 heteroatoms. The van der Waals surface area contributed by atoms with Crippen LogP contribution >= 0.6 is 0 Å². The van der Waals surface area contributed by atoms with Crippen LogP contribution in [-0.4, -0.2) is 17.1 Å². The van der Waals surface area contributed by atoms with Gasteiger partial charge in [-0.3, -0.25) is 4.79 Å². The minimum atomic E-state index is -4.28. The molecule has 1 heterocycles. The number of anilines is 1. The number of nitrogens with zero attached hydrogens (tertiary/aromatic N) is 2. The molecule has 0 atom stereocenters. The van der Waals surface area contributed by atoms with E-state index in [-0.39, 0.29) is 17.8 Å². The smallest absolute Gasteiger partial charge is 0.307 e. The fourth-order valence-corrected chi connectivity index (χ4v) is 1.95. The third kappa shape index (κ3) is 4.81. The minimum Gasteiger partial charge on any atom is -0.307 e. The predicted molar refractivity (Wildman–Crippen MR) is 77.7 cm³/mol. The minimum absolute atomic E-state index is 0.169. The van der Waals surface area contributed by atoms with Gasteiger partial charge in [0.05, 0.1) is 5.56 Å². The van der Waals surface area contributed by atoms with E-state index in [0.29, 0.717) is 11.1 Å². The van der Waals surface area contributed by atoms with Gasteiger partial charge in [-0.1, -0.05) is 18.2 Å². The van der Waals surface area contributed by atoms with E-state index in [9.17, 15) is 18.0 Å². The summed E-state index contributed by atoms with van der Waals surface area (Å²) in [5, 5.41) is 11.2. The maximum atomic E-state index is 12.4. The van der Waals surface area contributed by atoms with Crippen LogP contribution in [0.4, 0.5) is 19.0 Å². The lowest BCUT2D eigenvalue weighted by Gasteiger charge is -2.11. The molecular weight excluding hydrogens is 307 g/mol. The number of pyridine rings is 1. The van der Waals surface area contributed by atoms with Gasteiger partial charge in [-0.05, 0) is 30.2 Å². The highest BCUT2D eigenvalue weighted by Gasteiger charge is 2.27. The third-order valence-electron chi connectivity index (χ3n) is 3.07. The predicted octanol–water partition coefficient (Wildman–Crippen LogP) is 3.70. The topological polar surface area (TPSA) is 65.8 Å². The number of rotatable bonds is 4. The average molecular weight is 319 g/mol. The second kappa shape index (κ2) is 6.92. The van der Waals surface area contributed by atoms with Crippen molar-refractivity contribution in [2.45, 2.75) is 19.0 Å². The maximum Gasteiger partial charge on any atom is 0.389 e. The normalized spacial score (nSPS) is 10.9. The van der Waals surface area contributed by atoms with E-state index in [1.807, 2.05) is 6.07 Å². The molecule has 0 saturated carbocycles. The first-order valence-electron chi connectivity index (χ1n) is 6.71. The van der Waals surface area contributed by atoms with Gasteiger partial charge >= 0.3 is 6.18 Å². The van der Waals surface area contributed by atoms with Crippen molar-refractivity contribution < 1.29 is 18.0 Å². The number of amides is 1. The van der Waals surface area contributed by atoms with Crippen LogP contribution < -0.4 is 5.32 Å². The Labute approximate surface area is 130 Å². The van der Waals surface area contributed by atoms with E-state index in [4.69, 9.17) is 5.26 Å². The highest BCUT2D eigenvalue weighted by molar-refractivity contribution is 6.04. The molecule has 2 rings (SSSR count). The first kappa shape index (κ1) is 16.5. The Hall–Kier alpha value is -2.88. The van der Waals surface area contributed by atoms with E-state index in [1.54, 1.807) is 12.1 Å². The number of nitrogens with one attached hydrogen (secondary N) is 1. The van der Waals surface area contributed by atoms with Crippen LogP contribution in [0, 0.1) is 11.3 Å². The van der Waals surface area contributed by atoms with Crippen molar-refractivity contribution in [3.8, 4) is 6.07 Å². The lowest BCUT2D eigenvalue weighted by atomic mass is 10.0. The van der Waals surface area contributed by atoms with E-state index >= 15 is 0 Å². The zero-order valence-corrected chi connectivity index (χ0v) is 11.9. The number of halogens is 3. The molecule has 1 aromatic carbocycles. The highest BCUT2D eigenvalue weighted by Crippen LogP contribution is 2.23. The molecule has 118 valence electrons. The van der Waals surface area contributed by atoms with Gasteiger partial charge in [-0.2, -0.15) is 18.4 Å². The Morgan fingerprint density at radius 1 is 1.22 bits per heavy atom. The summed E-state index contributed by atoms with van der Waals surface area (Å²) >= 11 is 0. The van der Waals surface area contributed by atoms with Crippen LogP contribution in [0.2, 0.25) is 0 Å². The van der Waals surface area contributed by atoms with Crippen LogP contribution in [0.1, 0.15) is 27.9 Å². The van der Waals surface area contributed by atoms with Crippen molar-refractivity contribution in [3.63, 3.8) is 0 Å². The third-order valence-corrected chi connectivity index (χ3v) is 3.07. The molecule has 0 spiro atoms. The molecule has 2 aromatic rings. The Morgan fingerprint density at radius 3 is 2.57 bits per heavy atom. The number of carbonyl (C=O) groups excluding carboxylic acids is 1. The SMILES string of the molecule is N#Cc1ccc(NC(=O)c2ccccc2CCC(F)(F)F)nc1. The molecular formula is C16H12F3N3O. The van der Waals surface area contributed by atoms with E-state index in [0.717, 1.165) is 0 Å². The number of aryl methyl sites for hydroxylation is 1. The van der Waals surface area contributed by atoms with Crippen LogP contribution in [0.5, 0.6) is 0 Å². The monoisotopic (exact) mass is 319 g/mol. The number of benzene rings is 1. The molecule has 23 heavy (non-hydrogen) atoms. The lowest BCUT2D eigenvalue weighted by Crippen LogP contribution is -2.16. The number of hydrogen-bond donors (Lipinski definition) is 1. The van der Waals surface area contributed by atoms with Crippen molar-refractivity contribution in [2.75, 3.05) is 5.32 Å². The van der Waals surface area contributed by atoms with Gasteiger partial charge in [-0.15, -0.1) is 0 Å². The van der Waals surface area contributed by atoms with E-state index in [2.05, 4.69) is 10.3 Å². The zero-order valence-electron chi connectivity index (χ0n) is 11.9. The lowest BCUT2D eigenvalue weighted by molar-refractivity contribution is -0.134. The average Bonchev–Trinajstić information content (AvgIpc) is 2.53. The van der Waals surface area contributed by atoms with Gasteiger partial charge in [0, 0.05) is 18.2 Å². The second-order valence-electron chi connectivity index (χ2n) is 4.77. The van der Waals surface area contributed by atoms with Gasteiger partial charge in [0.15, 0.2) is 0 Å². The molecule has 1 aromatic heterocycles. The summed E-state index contributed by atoms with van der Waals surface area (Å²) < 4.78 is 37.1. The fraction of sp³-hybridized carbons (Fsp3) is 0.188. The second-order valence-corrected chi connectivity index (χ2v) is 4.77. The Kier molecular flexibility index (Phi) is 4.96. The number of hydrogen-bond acceptors (Lipinski definition) is 3. The summed E-state index contributed by atoms with van der Waals surface area (Å²) in [5.41, 5.74) is 0.826. The molecule has 0 aliphatic rings. The molecule has 1 amide bonds. The highest BCUT2D eigenvalue weighted by atomic mass is 19.4. The van der Waals surface area contributed by atoms with Crippen molar-refractivity contribution in [1.29, 1.82) is 5.26 Å². The molecule has 4 nitrogen and oxygen atoms in total. The van der Waals surface area contributed by atoms with Gasteiger partial charge in [0.2, 0.25) is 0 Å². The van der Waals surface area contributed by atoms with E-state index in [1.165, 1.54) is 30.5 Å². The standard InChI is InChI=1S/C16H12F3N3O/c17-16(18,19)8-7-12-3-1-2-4-13(12)15(23)22-14-6-5-11(9-20)10-21-14/h1-6,10H,7-8H2,(H,21,22,23). The Bertz CT molecular complexity index is 733. The van der Waals surface area contributed by atoms with Crippen LogP contribution in [-0.2, 0) is 6.42 Å². The summed E-state index contributed by atoms with van der Waals surface area (Å²) in [6, 6.07) is 11.0. The molecule has 0 unspecified atom stereocenters. The van der Waals surface area contributed by atoms with Crippen molar-refractivity contribution >= 4 is 11.7 Å². The molecule has 0 aliphatic heterocycles. The summed E-state index contributed by atoms with van der Waals surface area (Å²) in [5.74, 6) is -0.320. The summed E-state index contributed by atoms with van der Waals surface area (Å²) in [6.45, 7) is 0. The summed E-state index contributed by atoms with van der Waals surface area (Å²) in [4.78, 5) is 16.1. The van der Waals surface area contributed by atoms with Crippen molar-refractivity contribution in [2.24, 2.45) is 0 Å². The molecule has 0 aliphatic carbocycles. The number of aromatic nitrogens is 1. The van der Waals surface area contributed by atoms with Crippen LogP contribution in [0.3, 0.4) is 0 Å². The number of carbonyl (C=O) groups is 1.